The van der Waals surface area contributed by atoms with Crippen LogP contribution in [0, 0.1) is 0 Å². The first kappa shape index (κ1) is 13.3. The summed E-state index contributed by atoms with van der Waals surface area (Å²) < 4.78 is 5.63. The number of hydrogen-bond acceptors (Lipinski definition) is 3. The summed E-state index contributed by atoms with van der Waals surface area (Å²) in [6, 6.07) is 0.694. The van der Waals surface area contributed by atoms with Gasteiger partial charge in [-0.25, -0.2) is 0 Å². The van der Waals surface area contributed by atoms with E-state index in [9.17, 15) is 0 Å². The average molecular weight is 240 g/mol. The molecule has 2 saturated heterocycles. The number of ether oxygens (including phenoxy) is 1. The van der Waals surface area contributed by atoms with Crippen LogP contribution in [0.2, 0.25) is 0 Å². The van der Waals surface area contributed by atoms with Gasteiger partial charge in [-0.3, -0.25) is 0 Å². The lowest BCUT2D eigenvalue weighted by atomic mass is 10.0. The Kier molecular flexibility index (Phi) is 6.32. The average Bonchev–Trinajstić information content (AvgIpc) is 2.79. The monoisotopic (exact) mass is 240 g/mol. The number of nitrogens with one attached hydrogen (secondary N) is 2. The molecule has 0 aromatic heterocycles. The van der Waals surface area contributed by atoms with Gasteiger partial charge in [0.25, 0.3) is 0 Å². The summed E-state index contributed by atoms with van der Waals surface area (Å²) in [7, 11) is 0. The van der Waals surface area contributed by atoms with Gasteiger partial charge in [0.05, 0.1) is 6.10 Å². The Morgan fingerprint density at radius 3 is 2.88 bits per heavy atom. The predicted octanol–water partition coefficient (Wildman–Crippen LogP) is 2.07. The van der Waals surface area contributed by atoms with E-state index < -0.39 is 0 Å². The lowest BCUT2D eigenvalue weighted by molar-refractivity contribution is 0.104. The van der Waals surface area contributed by atoms with Crippen molar-refractivity contribution in [2.45, 2.75) is 63.5 Å². The van der Waals surface area contributed by atoms with Gasteiger partial charge in [-0.15, -0.1) is 0 Å². The van der Waals surface area contributed by atoms with Gasteiger partial charge in [0.2, 0.25) is 0 Å². The summed E-state index contributed by atoms with van der Waals surface area (Å²) in [5.41, 5.74) is 0. The highest BCUT2D eigenvalue weighted by Crippen LogP contribution is 2.14. The SMILES string of the molecule is C1CCCC(CNCCC2CCCO2)NCC1. The molecule has 0 radical (unpaired) electrons. The van der Waals surface area contributed by atoms with Crippen LogP contribution in [-0.4, -0.2) is 38.4 Å². The van der Waals surface area contributed by atoms with E-state index in [1.165, 1.54) is 57.9 Å². The summed E-state index contributed by atoms with van der Waals surface area (Å²) in [5, 5.41) is 7.24. The molecule has 0 bridgehead atoms. The van der Waals surface area contributed by atoms with Gasteiger partial charge in [-0.1, -0.05) is 19.3 Å². The highest BCUT2D eigenvalue weighted by atomic mass is 16.5. The van der Waals surface area contributed by atoms with Crippen LogP contribution in [0.25, 0.3) is 0 Å². The summed E-state index contributed by atoms with van der Waals surface area (Å²) >= 11 is 0. The van der Waals surface area contributed by atoms with Crippen LogP contribution in [-0.2, 0) is 4.74 Å². The van der Waals surface area contributed by atoms with Crippen LogP contribution in [0.3, 0.4) is 0 Å². The Balaban J connectivity index is 1.50. The van der Waals surface area contributed by atoms with Crippen LogP contribution in [0.5, 0.6) is 0 Å². The summed E-state index contributed by atoms with van der Waals surface area (Å²) in [6.45, 7) is 4.43. The second kappa shape index (κ2) is 8.06. The zero-order valence-electron chi connectivity index (χ0n) is 11.0. The van der Waals surface area contributed by atoms with Crippen molar-refractivity contribution in [2.75, 3.05) is 26.2 Å². The minimum Gasteiger partial charge on any atom is -0.378 e. The fraction of sp³-hybridized carbons (Fsp3) is 1.00. The van der Waals surface area contributed by atoms with Crippen LogP contribution in [0.1, 0.15) is 51.4 Å². The lowest BCUT2D eigenvalue weighted by Gasteiger charge is -2.22. The first-order valence-electron chi connectivity index (χ1n) is 7.51. The molecule has 2 atom stereocenters. The Hall–Kier alpha value is -0.120. The molecule has 2 aliphatic heterocycles. The fourth-order valence-corrected chi connectivity index (χ4v) is 2.86. The first-order valence-corrected chi connectivity index (χ1v) is 7.51. The van der Waals surface area contributed by atoms with Gasteiger partial charge < -0.3 is 15.4 Å². The molecule has 3 nitrogen and oxygen atoms in total. The third-order valence-corrected chi connectivity index (χ3v) is 3.97. The smallest absolute Gasteiger partial charge is 0.0588 e. The molecule has 2 fully saturated rings. The maximum atomic E-state index is 5.63. The molecular weight excluding hydrogens is 212 g/mol. The minimum atomic E-state index is 0.535. The van der Waals surface area contributed by atoms with Crippen molar-refractivity contribution in [3.63, 3.8) is 0 Å². The molecule has 2 aliphatic rings. The van der Waals surface area contributed by atoms with Crippen molar-refractivity contribution in [3.05, 3.63) is 0 Å². The second-order valence-corrected chi connectivity index (χ2v) is 5.48. The molecule has 0 aromatic rings. The maximum Gasteiger partial charge on any atom is 0.0588 e. The van der Waals surface area contributed by atoms with E-state index in [4.69, 9.17) is 4.74 Å². The molecular formula is C14H28N2O. The molecule has 0 amide bonds. The molecule has 0 spiro atoms. The predicted molar refractivity (Wildman–Crippen MR) is 71.3 cm³/mol. The van der Waals surface area contributed by atoms with E-state index in [1.807, 2.05) is 0 Å². The number of rotatable bonds is 5. The largest absolute Gasteiger partial charge is 0.378 e. The third-order valence-electron chi connectivity index (χ3n) is 3.97. The normalized spacial score (nSPS) is 31.1. The third kappa shape index (κ3) is 5.36. The highest BCUT2D eigenvalue weighted by molar-refractivity contribution is 4.73. The highest BCUT2D eigenvalue weighted by Gasteiger charge is 2.15. The van der Waals surface area contributed by atoms with Gasteiger partial charge in [0.1, 0.15) is 0 Å². The molecule has 2 rings (SSSR count). The fourth-order valence-electron chi connectivity index (χ4n) is 2.86. The van der Waals surface area contributed by atoms with Crippen molar-refractivity contribution >= 4 is 0 Å². The van der Waals surface area contributed by atoms with E-state index in [2.05, 4.69) is 10.6 Å². The van der Waals surface area contributed by atoms with Crippen LogP contribution < -0.4 is 10.6 Å². The molecule has 17 heavy (non-hydrogen) atoms. The summed E-state index contributed by atoms with van der Waals surface area (Å²) in [5.74, 6) is 0. The van der Waals surface area contributed by atoms with Crippen molar-refractivity contribution in [1.82, 2.24) is 10.6 Å². The number of hydrogen-bond donors (Lipinski definition) is 2. The summed E-state index contributed by atoms with van der Waals surface area (Å²) in [6.07, 6.45) is 11.2. The van der Waals surface area contributed by atoms with E-state index in [0.717, 1.165) is 19.7 Å². The van der Waals surface area contributed by atoms with Crippen LogP contribution >= 0.6 is 0 Å². The van der Waals surface area contributed by atoms with E-state index in [0.29, 0.717) is 12.1 Å². The van der Waals surface area contributed by atoms with E-state index in [-0.39, 0.29) is 0 Å². The zero-order chi connectivity index (χ0) is 11.8. The van der Waals surface area contributed by atoms with Gasteiger partial charge >= 0.3 is 0 Å². The van der Waals surface area contributed by atoms with Gasteiger partial charge in [-0.05, 0) is 45.2 Å². The first-order chi connectivity index (χ1) is 8.45. The van der Waals surface area contributed by atoms with Gasteiger partial charge in [-0.2, -0.15) is 0 Å². The maximum absolute atomic E-state index is 5.63. The van der Waals surface area contributed by atoms with E-state index in [1.54, 1.807) is 0 Å². The van der Waals surface area contributed by atoms with Crippen molar-refractivity contribution < 1.29 is 4.74 Å². The second-order valence-electron chi connectivity index (χ2n) is 5.48. The van der Waals surface area contributed by atoms with Crippen LogP contribution in [0.15, 0.2) is 0 Å². The molecule has 2 heterocycles. The lowest BCUT2D eigenvalue weighted by Crippen LogP contribution is -2.40. The standard InChI is InChI=1S/C14H28N2O/c1-2-4-9-16-13(6-3-1)12-15-10-8-14-7-5-11-17-14/h13-16H,1-12H2. The van der Waals surface area contributed by atoms with E-state index >= 15 is 0 Å². The Morgan fingerprint density at radius 1 is 1.06 bits per heavy atom. The Bertz CT molecular complexity index is 185. The molecule has 100 valence electrons. The van der Waals surface area contributed by atoms with Gasteiger partial charge in [0.15, 0.2) is 0 Å². The van der Waals surface area contributed by atoms with Crippen LogP contribution in [0.4, 0.5) is 0 Å². The molecule has 3 heteroatoms. The van der Waals surface area contributed by atoms with Crippen molar-refractivity contribution in [1.29, 1.82) is 0 Å². The minimum absolute atomic E-state index is 0.535. The zero-order valence-corrected chi connectivity index (χ0v) is 11.0. The van der Waals surface area contributed by atoms with Gasteiger partial charge in [0, 0.05) is 19.2 Å². The molecule has 0 saturated carbocycles. The topological polar surface area (TPSA) is 33.3 Å². The Labute approximate surface area is 106 Å². The molecule has 0 aromatic carbocycles. The quantitative estimate of drug-likeness (QED) is 0.722. The molecule has 2 N–H and O–H groups in total. The molecule has 2 unspecified atom stereocenters. The Morgan fingerprint density at radius 2 is 2.00 bits per heavy atom. The molecule has 0 aliphatic carbocycles. The van der Waals surface area contributed by atoms with Crippen molar-refractivity contribution in [2.24, 2.45) is 0 Å². The van der Waals surface area contributed by atoms with Crippen molar-refractivity contribution in [3.8, 4) is 0 Å². The summed E-state index contributed by atoms with van der Waals surface area (Å²) in [4.78, 5) is 0.